The fraction of sp³-hybridized carbons (Fsp3) is 0.579. The molecule has 114 valence electrons. The second-order valence-corrected chi connectivity index (χ2v) is 6.26. The van der Waals surface area contributed by atoms with Crippen LogP contribution in [0.25, 0.3) is 0 Å². The molecule has 1 saturated heterocycles. The molecule has 2 heteroatoms. The van der Waals surface area contributed by atoms with E-state index in [1.54, 1.807) is 0 Å². The van der Waals surface area contributed by atoms with Crippen LogP contribution in [-0.2, 0) is 0 Å². The molecule has 1 nitrogen and oxygen atoms in total. The van der Waals surface area contributed by atoms with Gasteiger partial charge in [0.05, 0.1) is 5.54 Å². The molecule has 2 aliphatic rings. The third-order valence-electron chi connectivity index (χ3n) is 4.86. The van der Waals surface area contributed by atoms with Crippen molar-refractivity contribution in [2.24, 2.45) is 0 Å². The van der Waals surface area contributed by atoms with Crippen molar-refractivity contribution in [2.75, 3.05) is 13.1 Å². The molecule has 2 fully saturated rings. The average Bonchev–Trinajstić information content (AvgIpc) is 2.56. The Hall–Kier alpha value is -0.970. The van der Waals surface area contributed by atoms with Gasteiger partial charge in [-0.15, -0.1) is 12.4 Å². The molecule has 1 saturated carbocycles. The highest BCUT2D eigenvalue weighted by Crippen LogP contribution is 2.35. The molecule has 0 amide bonds. The second-order valence-electron chi connectivity index (χ2n) is 6.26. The van der Waals surface area contributed by atoms with E-state index < -0.39 is 0 Å². The van der Waals surface area contributed by atoms with E-state index >= 15 is 0 Å². The zero-order valence-corrected chi connectivity index (χ0v) is 13.6. The Bertz CT molecular complexity index is 473. The van der Waals surface area contributed by atoms with Crippen LogP contribution in [0, 0.1) is 11.8 Å². The van der Waals surface area contributed by atoms with Gasteiger partial charge < -0.3 is 0 Å². The quantitative estimate of drug-likeness (QED) is 0.683. The minimum Gasteiger partial charge on any atom is -0.287 e. The third kappa shape index (κ3) is 4.02. The number of likely N-dealkylation sites (tertiary alicyclic amines) is 1. The normalized spacial score (nSPS) is 21.7. The van der Waals surface area contributed by atoms with Gasteiger partial charge in [0.2, 0.25) is 0 Å². The van der Waals surface area contributed by atoms with Crippen LogP contribution in [0.15, 0.2) is 30.3 Å². The first-order chi connectivity index (χ1) is 9.89. The number of piperidine rings is 1. The Kier molecular flexibility index (Phi) is 6.15. The summed E-state index contributed by atoms with van der Waals surface area (Å²) >= 11 is 0. The molecular weight excluding hydrogens is 278 g/mol. The Morgan fingerprint density at radius 3 is 2.10 bits per heavy atom. The molecule has 1 aliphatic heterocycles. The third-order valence-corrected chi connectivity index (χ3v) is 4.86. The van der Waals surface area contributed by atoms with E-state index in [9.17, 15) is 0 Å². The van der Waals surface area contributed by atoms with Gasteiger partial charge in [-0.1, -0.05) is 55.7 Å². The van der Waals surface area contributed by atoms with Crippen LogP contribution in [0.3, 0.4) is 0 Å². The lowest BCUT2D eigenvalue weighted by molar-refractivity contribution is 0.0793. The Morgan fingerprint density at radius 1 is 0.810 bits per heavy atom. The van der Waals surface area contributed by atoms with E-state index in [4.69, 9.17) is 0 Å². The molecule has 0 radical (unpaired) electrons. The maximum absolute atomic E-state index is 3.70. The highest BCUT2D eigenvalue weighted by Gasteiger charge is 2.36. The lowest BCUT2D eigenvalue weighted by Crippen LogP contribution is -2.51. The van der Waals surface area contributed by atoms with Crippen molar-refractivity contribution >= 4 is 12.4 Å². The van der Waals surface area contributed by atoms with Crippen molar-refractivity contribution in [1.82, 2.24) is 4.90 Å². The molecule has 1 aliphatic carbocycles. The van der Waals surface area contributed by atoms with Crippen LogP contribution in [-0.4, -0.2) is 23.5 Å². The van der Waals surface area contributed by atoms with Crippen LogP contribution in [0.5, 0.6) is 0 Å². The van der Waals surface area contributed by atoms with Gasteiger partial charge in [0, 0.05) is 5.56 Å². The Morgan fingerprint density at radius 2 is 1.43 bits per heavy atom. The van der Waals surface area contributed by atoms with Crippen LogP contribution in [0.4, 0.5) is 0 Å². The predicted octanol–water partition coefficient (Wildman–Crippen LogP) is 4.65. The maximum atomic E-state index is 3.70. The predicted molar refractivity (Wildman–Crippen MR) is 91.8 cm³/mol. The molecule has 1 heterocycles. The molecule has 1 aromatic rings. The minimum atomic E-state index is 0. The Labute approximate surface area is 135 Å². The fourth-order valence-corrected chi connectivity index (χ4v) is 3.69. The molecule has 0 atom stereocenters. The number of halogens is 1. The topological polar surface area (TPSA) is 3.24 Å². The van der Waals surface area contributed by atoms with E-state index in [2.05, 4.69) is 47.1 Å². The second kappa shape index (κ2) is 7.87. The van der Waals surface area contributed by atoms with Crippen molar-refractivity contribution in [3.8, 4) is 11.8 Å². The van der Waals surface area contributed by atoms with Crippen molar-refractivity contribution in [2.45, 2.75) is 56.9 Å². The largest absolute Gasteiger partial charge is 0.287 e. The zero-order valence-electron chi connectivity index (χ0n) is 12.8. The van der Waals surface area contributed by atoms with E-state index in [1.807, 2.05) is 0 Å². The van der Waals surface area contributed by atoms with Gasteiger partial charge in [-0.2, -0.15) is 0 Å². The average molecular weight is 304 g/mol. The summed E-state index contributed by atoms with van der Waals surface area (Å²) in [4.78, 5) is 2.70. The first-order valence-electron chi connectivity index (χ1n) is 8.22. The van der Waals surface area contributed by atoms with Crippen LogP contribution < -0.4 is 0 Å². The van der Waals surface area contributed by atoms with Gasteiger partial charge in [0.25, 0.3) is 0 Å². The maximum Gasteiger partial charge on any atom is 0.0829 e. The molecule has 0 unspecified atom stereocenters. The molecule has 0 aromatic heterocycles. The van der Waals surface area contributed by atoms with Crippen molar-refractivity contribution in [1.29, 1.82) is 0 Å². The zero-order chi connectivity index (χ0) is 13.7. The Balaban J connectivity index is 0.00000161. The summed E-state index contributed by atoms with van der Waals surface area (Å²) in [5.74, 6) is 7.16. The molecule has 0 N–H and O–H groups in total. The number of hydrogen-bond acceptors (Lipinski definition) is 1. The molecule has 0 spiro atoms. The lowest BCUT2D eigenvalue weighted by atomic mass is 9.79. The SMILES string of the molecule is C(#CC1(N2CCCCC2)CCCCC1)c1ccccc1.Cl. The van der Waals surface area contributed by atoms with E-state index in [0.29, 0.717) is 0 Å². The summed E-state index contributed by atoms with van der Waals surface area (Å²) < 4.78 is 0. The molecule has 3 rings (SSSR count). The summed E-state index contributed by atoms with van der Waals surface area (Å²) in [6.45, 7) is 2.51. The van der Waals surface area contributed by atoms with Gasteiger partial charge >= 0.3 is 0 Å². The van der Waals surface area contributed by atoms with Crippen LogP contribution in [0.2, 0.25) is 0 Å². The number of benzene rings is 1. The first kappa shape index (κ1) is 16.4. The van der Waals surface area contributed by atoms with Crippen LogP contribution in [0.1, 0.15) is 56.9 Å². The van der Waals surface area contributed by atoms with Crippen molar-refractivity contribution in [3.63, 3.8) is 0 Å². The van der Waals surface area contributed by atoms with E-state index in [-0.39, 0.29) is 17.9 Å². The number of hydrogen-bond donors (Lipinski definition) is 0. The molecule has 1 aromatic carbocycles. The first-order valence-corrected chi connectivity index (χ1v) is 8.22. The number of nitrogens with zero attached hydrogens (tertiary/aromatic N) is 1. The van der Waals surface area contributed by atoms with Gasteiger partial charge in [-0.05, 0) is 50.9 Å². The van der Waals surface area contributed by atoms with Gasteiger partial charge in [-0.25, -0.2) is 0 Å². The standard InChI is InChI=1S/C19H25N.ClH/c1-4-10-18(11-5-1)12-15-19(13-6-2-7-14-19)20-16-8-3-9-17-20;/h1,4-5,10-11H,2-3,6-9,13-14,16-17H2;1H. The van der Waals surface area contributed by atoms with E-state index in [0.717, 1.165) is 5.56 Å². The van der Waals surface area contributed by atoms with Crippen molar-refractivity contribution < 1.29 is 0 Å². The molecule has 21 heavy (non-hydrogen) atoms. The highest BCUT2D eigenvalue weighted by atomic mass is 35.5. The summed E-state index contributed by atoms with van der Waals surface area (Å²) in [5.41, 5.74) is 1.34. The fourth-order valence-electron chi connectivity index (χ4n) is 3.69. The summed E-state index contributed by atoms with van der Waals surface area (Å²) in [6, 6.07) is 10.5. The van der Waals surface area contributed by atoms with Crippen molar-refractivity contribution in [3.05, 3.63) is 35.9 Å². The number of rotatable bonds is 1. The highest BCUT2D eigenvalue weighted by molar-refractivity contribution is 5.85. The van der Waals surface area contributed by atoms with Crippen LogP contribution >= 0.6 is 12.4 Å². The van der Waals surface area contributed by atoms with Gasteiger partial charge in [0.15, 0.2) is 0 Å². The summed E-state index contributed by atoms with van der Waals surface area (Å²) in [5, 5.41) is 0. The monoisotopic (exact) mass is 303 g/mol. The van der Waals surface area contributed by atoms with E-state index in [1.165, 1.54) is 64.5 Å². The van der Waals surface area contributed by atoms with Gasteiger partial charge in [0.1, 0.15) is 0 Å². The van der Waals surface area contributed by atoms with Gasteiger partial charge in [-0.3, -0.25) is 4.90 Å². The summed E-state index contributed by atoms with van der Waals surface area (Å²) in [7, 11) is 0. The lowest BCUT2D eigenvalue weighted by Gasteiger charge is -2.44. The summed E-state index contributed by atoms with van der Waals surface area (Å²) in [6.07, 6.45) is 10.7. The molecular formula is C19H26ClN. The molecule has 0 bridgehead atoms. The minimum absolute atomic E-state index is 0. The smallest absolute Gasteiger partial charge is 0.0829 e.